The van der Waals surface area contributed by atoms with Gasteiger partial charge in [0.15, 0.2) is 0 Å². The quantitative estimate of drug-likeness (QED) is 0.656. The monoisotopic (exact) mass is 360 g/mol. The molecule has 0 spiro atoms. The summed E-state index contributed by atoms with van der Waals surface area (Å²) in [6.45, 7) is 1.13. The molecule has 0 aliphatic heterocycles. The Hall–Kier alpha value is -2.62. The van der Waals surface area contributed by atoms with E-state index >= 15 is 0 Å². The van der Waals surface area contributed by atoms with E-state index < -0.39 is 5.60 Å². The highest BCUT2D eigenvalue weighted by Crippen LogP contribution is 2.43. The van der Waals surface area contributed by atoms with Gasteiger partial charge >= 0.3 is 0 Å². The third-order valence-corrected chi connectivity index (χ3v) is 5.10. The molecule has 0 amide bonds. The highest BCUT2D eigenvalue weighted by Gasteiger charge is 2.44. The number of hydrogen-bond donors (Lipinski definition) is 1. The lowest BCUT2D eigenvalue weighted by molar-refractivity contribution is -0.149. The van der Waals surface area contributed by atoms with Crippen LogP contribution in [0, 0.1) is 0 Å². The second-order valence-electron chi connectivity index (χ2n) is 7.16. The molecule has 1 aliphatic rings. The SMILES string of the molecule is OC1(c2ccc(OCc3ccccc3)cc2)CC(OCc2ccccc2)C1. The molecular formula is C24H24O3. The first-order valence-corrected chi connectivity index (χ1v) is 9.36. The summed E-state index contributed by atoms with van der Waals surface area (Å²) in [6.07, 6.45) is 1.36. The van der Waals surface area contributed by atoms with Crippen LogP contribution < -0.4 is 4.74 Å². The van der Waals surface area contributed by atoms with Gasteiger partial charge in [-0.15, -0.1) is 0 Å². The van der Waals surface area contributed by atoms with Crippen LogP contribution >= 0.6 is 0 Å². The van der Waals surface area contributed by atoms with Crippen molar-refractivity contribution in [3.8, 4) is 5.75 Å². The van der Waals surface area contributed by atoms with E-state index in [-0.39, 0.29) is 6.10 Å². The predicted molar refractivity (Wildman–Crippen MR) is 105 cm³/mol. The van der Waals surface area contributed by atoms with Crippen LogP contribution in [-0.2, 0) is 23.6 Å². The zero-order chi connectivity index (χ0) is 18.5. The van der Waals surface area contributed by atoms with Gasteiger partial charge in [-0.3, -0.25) is 0 Å². The molecule has 0 aromatic heterocycles. The van der Waals surface area contributed by atoms with E-state index in [0.29, 0.717) is 26.1 Å². The smallest absolute Gasteiger partial charge is 0.119 e. The minimum Gasteiger partial charge on any atom is -0.489 e. The van der Waals surface area contributed by atoms with Crippen LogP contribution in [-0.4, -0.2) is 11.2 Å². The Bertz CT molecular complexity index is 838. The zero-order valence-electron chi connectivity index (χ0n) is 15.3. The van der Waals surface area contributed by atoms with Crippen molar-refractivity contribution >= 4 is 0 Å². The van der Waals surface area contributed by atoms with Crippen molar-refractivity contribution in [1.29, 1.82) is 0 Å². The number of ether oxygens (including phenoxy) is 2. The predicted octanol–water partition coefficient (Wildman–Crippen LogP) is 4.83. The standard InChI is InChI=1S/C24H24O3/c25-24(15-23(16-24)27-18-20-9-5-2-6-10-20)21-11-13-22(14-12-21)26-17-19-7-3-1-4-8-19/h1-14,23,25H,15-18H2. The highest BCUT2D eigenvalue weighted by molar-refractivity contribution is 5.33. The summed E-state index contributed by atoms with van der Waals surface area (Å²) in [5.41, 5.74) is 2.43. The molecule has 0 saturated heterocycles. The van der Waals surface area contributed by atoms with Crippen molar-refractivity contribution < 1.29 is 14.6 Å². The van der Waals surface area contributed by atoms with E-state index in [1.807, 2.05) is 72.8 Å². The number of benzene rings is 3. The van der Waals surface area contributed by atoms with Crippen molar-refractivity contribution in [2.24, 2.45) is 0 Å². The van der Waals surface area contributed by atoms with Crippen LogP contribution in [0.4, 0.5) is 0 Å². The first-order chi connectivity index (χ1) is 13.2. The Kier molecular flexibility index (Phi) is 5.23. The topological polar surface area (TPSA) is 38.7 Å². The molecule has 0 bridgehead atoms. The van der Waals surface area contributed by atoms with Crippen molar-refractivity contribution in [3.05, 3.63) is 102 Å². The van der Waals surface area contributed by atoms with Gasteiger partial charge in [0.2, 0.25) is 0 Å². The molecule has 1 fully saturated rings. The maximum absolute atomic E-state index is 10.8. The van der Waals surface area contributed by atoms with Crippen molar-refractivity contribution in [3.63, 3.8) is 0 Å². The summed E-state index contributed by atoms with van der Waals surface area (Å²) in [4.78, 5) is 0. The lowest BCUT2D eigenvalue weighted by atomic mass is 9.73. The molecule has 0 unspecified atom stereocenters. The Morgan fingerprint density at radius 3 is 1.89 bits per heavy atom. The molecule has 27 heavy (non-hydrogen) atoms. The molecule has 0 heterocycles. The van der Waals surface area contributed by atoms with Gasteiger partial charge in [-0.05, 0) is 28.8 Å². The zero-order valence-corrected chi connectivity index (χ0v) is 15.3. The number of aliphatic hydroxyl groups is 1. The van der Waals surface area contributed by atoms with E-state index in [0.717, 1.165) is 22.4 Å². The van der Waals surface area contributed by atoms with Gasteiger partial charge in [0.25, 0.3) is 0 Å². The third-order valence-electron chi connectivity index (χ3n) is 5.10. The molecule has 3 aromatic carbocycles. The fourth-order valence-electron chi connectivity index (χ4n) is 3.44. The largest absolute Gasteiger partial charge is 0.489 e. The van der Waals surface area contributed by atoms with Gasteiger partial charge in [-0.25, -0.2) is 0 Å². The Morgan fingerprint density at radius 2 is 1.30 bits per heavy atom. The fourth-order valence-corrected chi connectivity index (χ4v) is 3.44. The van der Waals surface area contributed by atoms with E-state index in [1.54, 1.807) is 0 Å². The van der Waals surface area contributed by atoms with Crippen LogP contribution in [0.3, 0.4) is 0 Å². The summed E-state index contributed by atoms with van der Waals surface area (Å²) in [7, 11) is 0. The molecule has 3 heteroatoms. The maximum Gasteiger partial charge on any atom is 0.119 e. The summed E-state index contributed by atoms with van der Waals surface area (Å²) in [5.74, 6) is 0.808. The van der Waals surface area contributed by atoms with Crippen molar-refractivity contribution in [1.82, 2.24) is 0 Å². The third kappa shape index (κ3) is 4.38. The van der Waals surface area contributed by atoms with Crippen LogP contribution in [0.25, 0.3) is 0 Å². The molecule has 3 aromatic rings. The molecule has 1 aliphatic carbocycles. The summed E-state index contributed by atoms with van der Waals surface area (Å²) in [5, 5.41) is 10.8. The van der Waals surface area contributed by atoms with Crippen LogP contribution in [0.5, 0.6) is 5.75 Å². The van der Waals surface area contributed by atoms with Gasteiger partial charge in [-0.2, -0.15) is 0 Å². The number of rotatable bonds is 7. The average molecular weight is 360 g/mol. The molecule has 0 radical (unpaired) electrons. The highest BCUT2D eigenvalue weighted by atomic mass is 16.5. The molecule has 0 atom stereocenters. The molecule has 3 nitrogen and oxygen atoms in total. The van der Waals surface area contributed by atoms with E-state index in [2.05, 4.69) is 12.1 Å². The second kappa shape index (κ2) is 7.95. The Morgan fingerprint density at radius 1 is 0.741 bits per heavy atom. The van der Waals surface area contributed by atoms with E-state index in [9.17, 15) is 5.11 Å². The van der Waals surface area contributed by atoms with Crippen LogP contribution in [0.2, 0.25) is 0 Å². The minimum atomic E-state index is -0.792. The van der Waals surface area contributed by atoms with E-state index in [4.69, 9.17) is 9.47 Å². The second-order valence-corrected chi connectivity index (χ2v) is 7.16. The van der Waals surface area contributed by atoms with E-state index in [1.165, 1.54) is 0 Å². The van der Waals surface area contributed by atoms with Crippen molar-refractivity contribution in [2.75, 3.05) is 0 Å². The molecule has 138 valence electrons. The van der Waals surface area contributed by atoms with Gasteiger partial charge < -0.3 is 14.6 Å². The lowest BCUT2D eigenvalue weighted by Gasteiger charge is -2.43. The van der Waals surface area contributed by atoms with Gasteiger partial charge in [0, 0.05) is 12.8 Å². The fraction of sp³-hybridized carbons (Fsp3) is 0.250. The first-order valence-electron chi connectivity index (χ1n) is 9.36. The van der Waals surface area contributed by atoms with Crippen molar-refractivity contribution in [2.45, 2.75) is 37.8 Å². The summed E-state index contributed by atoms with van der Waals surface area (Å²) in [6, 6.07) is 28.0. The normalized spacial score (nSPS) is 21.4. The summed E-state index contributed by atoms with van der Waals surface area (Å²) < 4.78 is 11.7. The molecule has 1 saturated carbocycles. The Balaban J connectivity index is 1.27. The average Bonchev–Trinajstić information content (AvgIpc) is 2.71. The summed E-state index contributed by atoms with van der Waals surface area (Å²) >= 11 is 0. The van der Waals surface area contributed by atoms with Gasteiger partial charge in [0.05, 0.1) is 18.3 Å². The molecule has 4 rings (SSSR count). The Labute approximate surface area is 160 Å². The lowest BCUT2D eigenvalue weighted by Crippen LogP contribution is -2.45. The first kappa shape index (κ1) is 17.8. The van der Waals surface area contributed by atoms with Gasteiger partial charge in [-0.1, -0.05) is 72.8 Å². The number of hydrogen-bond acceptors (Lipinski definition) is 3. The van der Waals surface area contributed by atoms with Gasteiger partial charge in [0.1, 0.15) is 12.4 Å². The molecular weight excluding hydrogens is 336 g/mol. The minimum absolute atomic E-state index is 0.101. The van der Waals surface area contributed by atoms with Crippen LogP contribution in [0.15, 0.2) is 84.9 Å². The maximum atomic E-state index is 10.8. The van der Waals surface area contributed by atoms with Crippen LogP contribution in [0.1, 0.15) is 29.5 Å². The molecule has 1 N–H and O–H groups in total.